The number of morpholine rings is 1. The average Bonchev–Trinajstić information content (AvgIpc) is 2.48. The summed E-state index contributed by atoms with van der Waals surface area (Å²) in [6.07, 6.45) is 1.22. The van der Waals surface area contributed by atoms with Crippen molar-refractivity contribution in [3.8, 4) is 0 Å². The smallest absolute Gasteiger partial charge is 0.316 e. The molecule has 0 N–H and O–H groups in total. The Balaban J connectivity index is 2.22. The van der Waals surface area contributed by atoms with Crippen molar-refractivity contribution in [2.45, 2.75) is 13.0 Å². The van der Waals surface area contributed by atoms with E-state index in [1.54, 1.807) is 13.0 Å². The lowest BCUT2D eigenvalue weighted by Crippen LogP contribution is -2.37. The fourth-order valence-corrected chi connectivity index (χ4v) is 2.72. The molecule has 0 aromatic heterocycles. The Hall–Kier alpha value is -1.27. The Bertz CT molecular complexity index is 492. The van der Waals surface area contributed by atoms with Gasteiger partial charge in [0, 0.05) is 18.8 Å². The number of ether oxygens (including phenoxy) is 2. The van der Waals surface area contributed by atoms with Crippen LogP contribution >= 0.6 is 11.8 Å². The molecule has 2 rings (SSSR count). The minimum Gasteiger partial charge on any atom is -0.457 e. The summed E-state index contributed by atoms with van der Waals surface area (Å²) < 4.78 is 24.9. The van der Waals surface area contributed by atoms with Crippen LogP contribution < -0.4 is 4.90 Å². The number of anilines is 1. The third kappa shape index (κ3) is 4.11. The van der Waals surface area contributed by atoms with Gasteiger partial charge in [0.05, 0.1) is 24.5 Å². The summed E-state index contributed by atoms with van der Waals surface area (Å²) in [6.45, 7) is 4.37. The number of carbonyl (C=O) groups excluding carboxylic acids is 1. The normalized spacial score (nSPS) is 16.6. The van der Waals surface area contributed by atoms with Crippen LogP contribution in [0.3, 0.4) is 0 Å². The monoisotopic (exact) mass is 313 g/mol. The van der Waals surface area contributed by atoms with E-state index in [0.29, 0.717) is 31.9 Å². The molecule has 0 amide bonds. The molecule has 0 radical (unpaired) electrons. The van der Waals surface area contributed by atoms with Crippen LogP contribution in [0.2, 0.25) is 0 Å². The van der Waals surface area contributed by atoms with Crippen molar-refractivity contribution in [2.75, 3.05) is 43.2 Å². The molecule has 1 aromatic rings. The first-order valence-electron chi connectivity index (χ1n) is 6.93. The number of halogens is 1. The van der Waals surface area contributed by atoms with Crippen LogP contribution in [-0.4, -0.2) is 44.3 Å². The molecule has 0 saturated carbocycles. The maximum atomic E-state index is 14.2. The van der Waals surface area contributed by atoms with Crippen LogP contribution in [0.15, 0.2) is 18.2 Å². The van der Waals surface area contributed by atoms with Crippen molar-refractivity contribution >= 4 is 23.4 Å². The van der Waals surface area contributed by atoms with Gasteiger partial charge in [-0.3, -0.25) is 4.79 Å². The molecule has 1 heterocycles. The van der Waals surface area contributed by atoms with E-state index in [1.807, 2.05) is 12.3 Å². The van der Waals surface area contributed by atoms with Crippen molar-refractivity contribution < 1.29 is 18.7 Å². The van der Waals surface area contributed by atoms with Crippen LogP contribution in [0.5, 0.6) is 0 Å². The maximum absolute atomic E-state index is 14.2. The standard InChI is InChI=1S/C15H20FNO3S/c1-11(20-14(18)10-21-2)15-12(16)4-3-5-13(15)17-6-8-19-9-7-17/h3-5,11H,6-10H2,1-2H3/t11-/m0/s1. The predicted molar refractivity (Wildman–Crippen MR) is 82.3 cm³/mol. The molecule has 4 nitrogen and oxygen atoms in total. The van der Waals surface area contributed by atoms with Gasteiger partial charge in [0.1, 0.15) is 11.9 Å². The van der Waals surface area contributed by atoms with Gasteiger partial charge in [0.15, 0.2) is 0 Å². The molecule has 1 aliphatic heterocycles. The van der Waals surface area contributed by atoms with Crippen LogP contribution in [0.4, 0.5) is 10.1 Å². The largest absolute Gasteiger partial charge is 0.457 e. The molecule has 1 aromatic carbocycles. The first kappa shape index (κ1) is 16.1. The molecule has 1 atom stereocenters. The lowest BCUT2D eigenvalue weighted by molar-refractivity contribution is -0.145. The minimum absolute atomic E-state index is 0.270. The zero-order valence-corrected chi connectivity index (χ0v) is 13.1. The second kappa shape index (κ2) is 7.66. The van der Waals surface area contributed by atoms with E-state index in [0.717, 1.165) is 5.69 Å². The van der Waals surface area contributed by atoms with Gasteiger partial charge in [-0.05, 0) is 25.3 Å². The second-order valence-electron chi connectivity index (χ2n) is 4.84. The second-order valence-corrected chi connectivity index (χ2v) is 5.70. The minimum atomic E-state index is -0.608. The molecule has 0 spiro atoms. The third-order valence-electron chi connectivity index (χ3n) is 3.36. The number of hydrogen-bond acceptors (Lipinski definition) is 5. The summed E-state index contributed by atoms with van der Waals surface area (Å²) in [5.74, 6) is -0.402. The summed E-state index contributed by atoms with van der Waals surface area (Å²) in [4.78, 5) is 13.7. The molecule has 116 valence electrons. The van der Waals surface area contributed by atoms with Crippen molar-refractivity contribution in [3.63, 3.8) is 0 Å². The van der Waals surface area contributed by atoms with Gasteiger partial charge in [-0.15, -0.1) is 0 Å². The summed E-state index contributed by atoms with van der Waals surface area (Å²) in [7, 11) is 0. The summed E-state index contributed by atoms with van der Waals surface area (Å²) in [5.41, 5.74) is 1.22. The maximum Gasteiger partial charge on any atom is 0.316 e. The zero-order chi connectivity index (χ0) is 15.2. The predicted octanol–water partition coefficient (Wildman–Crippen LogP) is 2.63. The SMILES string of the molecule is CSCC(=O)O[C@@H](C)c1c(F)cccc1N1CCOCC1. The van der Waals surface area contributed by atoms with Crippen LogP contribution in [0, 0.1) is 5.82 Å². The number of esters is 1. The van der Waals surface area contributed by atoms with Gasteiger partial charge in [0.2, 0.25) is 0 Å². The highest BCUT2D eigenvalue weighted by molar-refractivity contribution is 7.99. The van der Waals surface area contributed by atoms with Gasteiger partial charge in [0.25, 0.3) is 0 Å². The van der Waals surface area contributed by atoms with Gasteiger partial charge in [-0.2, -0.15) is 11.8 Å². The summed E-state index contributed by atoms with van der Waals surface area (Å²) in [6, 6.07) is 4.95. The van der Waals surface area contributed by atoms with E-state index >= 15 is 0 Å². The molecule has 6 heteroatoms. The number of rotatable bonds is 5. The third-order valence-corrected chi connectivity index (χ3v) is 3.88. The number of carbonyl (C=O) groups is 1. The number of benzene rings is 1. The first-order valence-corrected chi connectivity index (χ1v) is 8.32. The number of hydrogen-bond donors (Lipinski definition) is 0. The molecule has 0 aliphatic carbocycles. The van der Waals surface area contributed by atoms with Crippen molar-refractivity contribution in [1.82, 2.24) is 0 Å². The van der Waals surface area contributed by atoms with E-state index < -0.39 is 6.10 Å². The Labute approximate surface area is 128 Å². The van der Waals surface area contributed by atoms with Crippen molar-refractivity contribution in [2.24, 2.45) is 0 Å². The Kier molecular flexibility index (Phi) is 5.87. The molecule has 0 bridgehead atoms. The number of thioether (sulfide) groups is 1. The van der Waals surface area contributed by atoms with Gasteiger partial charge in [-0.1, -0.05) is 6.07 Å². The first-order chi connectivity index (χ1) is 10.1. The summed E-state index contributed by atoms with van der Waals surface area (Å²) >= 11 is 1.39. The topological polar surface area (TPSA) is 38.8 Å². The molecule has 1 fully saturated rings. The van der Waals surface area contributed by atoms with Gasteiger partial charge < -0.3 is 14.4 Å². The number of nitrogens with zero attached hydrogens (tertiary/aromatic N) is 1. The molecular formula is C15H20FNO3S. The molecule has 1 aliphatic rings. The fourth-order valence-electron chi connectivity index (χ4n) is 2.42. The molecular weight excluding hydrogens is 293 g/mol. The van der Waals surface area contributed by atoms with Crippen molar-refractivity contribution in [1.29, 1.82) is 0 Å². The van der Waals surface area contributed by atoms with E-state index in [-0.39, 0.29) is 17.5 Å². The van der Waals surface area contributed by atoms with E-state index in [2.05, 4.69) is 4.90 Å². The lowest BCUT2D eigenvalue weighted by Gasteiger charge is -2.31. The summed E-state index contributed by atoms with van der Waals surface area (Å²) in [5, 5.41) is 0. The van der Waals surface area contributed by atoms with Gasteiger partial charge >= 0.3 is 5.97 Å². The molecule has 0 unspecified atom stereocenters. The lowest BCUT2D eigenvalue weighted by atomic mass is 10.1. The Morgan fingerprint density at radius 2 is 2.19 bits per heavy atom. The molecule has 21 heavy (non-hydrogen) atoms. The highest BCUT2D eigenvalue weighted by atomic mass is 32.2. The highest BCUT2D eigenvalue weighted by Crippen LogP contribution is 2.31. The molecule has 1 saturated heterocycles. The fraction of sp³-hybridized carbons (Fsp3) is 0.533. The van der Waals surface area contributed by atoms with Crippen LogP contribution in [0.1, 0.15) is 18.6 Å². The Morgan fingerprint density at radius 1 is 1.48 bits per heavy atom. The van der Waals surface area contributed by atoms with E-state index in [1.165, 1.54) is 17.8 Å². The Morgan fingerprint density at radius 3 is 2.86 bits per heavy atom. The highest BCUT2D eigenvalue weighted by Gasteiger charge is 2.23. The van der Waals surface area contributed by atoms with Crippen LogP contribution in [-0.2, 0) is 14.3 Å². The van der Waals surface area contributed by atoms with E-state index in [9.17, 15) is 9.18 Å². The van der Waals surface area contributed by atoms with Crippen molar-refractivity contribution in [3.05, 3.63) is 29.6 Å². The quantitative estimate of drug-likeness (QED) is 0.781. The zero-order valence-electron chi connectivity index (χ0n) is 12.3. The van der Waals surface area contributed by atoms with E-state index in [4.69, 9.17) is 9.47 Å². The average molecular weight is 313 g/mol. The van der Waals surface area contributed by atoms with Gasteiger partial charge in [-0.25, -0.2) is 4.39 Å². The van der Waals surface area contributed by atoms with Crippen LogP contribution in [0.25, 0.3) is 0 Å².